The van der Waals surface area contributed by atoms with Crippen LogP contribution in [0.4, 0.5) is 13.2 Å². The van der Waals surface area contributed by atoms with Gasteiger partial charge in [0.25, 0.3) is 5.91 Å². The molecule has 1 heterocycles. The lowest BCUT2D eigenvalue weighted by Gasteiger charge is -2.22. The number of carbonyl (C=O) groups excluding carboxylic acids is 1. The van der Waals surface area contributed by atoms with Crippen molar-refractivity contribution >= 4 is 5.91 Å². The predicted molar refractivity (Wildman–Crippen MR) is 75.3 cm³/mol. The second-order valence-electron chi connectivity index (χ2n) is 5.89. The summed E-state index contributed by atoms with van der Waals surface area (Å²) in [5.41, 5.74) is 4.87. The SMILES string of the molecule is CC1(CN)CCN(C(=O)COc2ccc(C(F)(F)F)cc2)C1. The maximum atomic E-state index is 12.4. The van der Waals surface area contributed by atoms with E-state index in [2.05, 4.69) is 0 Å². The molecule has 1 fully saturated rings. The lowest BCUT2D eigenvalue weighted by Crippen LogP contribution is -2.36. The van der Waals surface area contributed by atoms with Crippen LogP contribution in [0.3, 0.4) is 0 Å². The number of alkyl halides is 3. The van der Waals surface area contributed by atoms with Crippen molar-refractivity contribution in [3.05, 3.63) is 29.8 Å². The largest absolute Gasteiger partial charge is 0.484 e. The van der Waals surface area contributed by atoms with E-state index in [1.54, 1.807) is 4.90 Å². The molecule has 0 aromatic heterocycles. The van der Waals surface area contributed by atoms with Crippen LogP contribution in [0.5, 0.6) is 5.75 Å². The number of hydrogen-bond donors (Lipinski definition) is 1. The van der Waals surface area contributed by atoms with Gasteiger partial charge in [-0.25, -0.2) is 0 Å². The third-order valence-electron chi connectivity index (χ3n) is 3.95. The van der Waals surface area contributed by atoms with E-state index in [-0.39, 0.29) is 23.7 Å². The molecule has 2 rings (SSSR count). The Kier molecular flexibility index (Phi) is 4.65. The van der Waals surface area contributed by atoms with Gasteiger partial charge in [-0.2, -0.15) is 13.2 Å². The summed E-state index contributed by atoms with van der Waals surface area (Å²) in [5, 5.41) is 0. The van der Waals surface area contributed by atoms with Gasteiger partial charge < -0.3 is 15.4 Å². The Morgan fingerprint density at radius 3 is 2.50 bits per heavy atom. The molecule has 0 aliphatic carbocycles. The van der Waals surface area contributed by atoms with Crippen LogP contribution in [0.1, 0.15) is 18.9 Å². The summed E-state index contributed by atoms with van der Waals surface area (Å²) in [6.07, 6.45) is -3.54. The van der Waals surface area contributed by atoms with Gasteiger partial charge in [-0.3, -0.25) is 4.79 Å². The van der Waals surface area contributed by atoms with Gasteiger partial charge in [0, 0.05) is 13.1 Å². The molecule has 4 nitrogen and oxygen atoms in total. The molecule has 0 saturated carbocycles. The normalized spacial score (nSPS) is 22.0. The molecule has 1 aliphatic heterocycles. The van der Waals surface area contributed by atoms with E-state index in [1.807, 2.05) is 6.92 Å². The van der Waals surface area contributed by atoms with Crippen molar-refractivity contribution in [1.82, 2.24) is 4.90 Å². The minimum absolute atomic E-state index is 0.0655. The first kappa shape index (κ1) is 16.6. The van der Waals surface area contributed by atoms with Crippen molar-refractivity contribution in [1.29, 1.82) is 0 Å². The van der Waals surface area contributed by atoms with Gasteiger partial charge in [0.2, 0.25) is 0 Å². The van der Waals surface area contributed by atoms with E-state index < -0.39 is 11.7 Å². The Morgan fingerprint density at radius 1 is 1.36 bits per heavy atom. The molecule has 7 heteroatoms. The van der Waals surface area contributed by atoms with E-state index in [4.69, 9.17) is 10.5 Å². The highest BCUT2D eigenvalue weighted by Crippen LogP contribution is 2.30. The van der Waals surface area contributed by atoms with Gasteiger partial charge in [-0.15, -0.1) is 0 Å². The van der Waals surface area contributed by atoms with E-state index in [0.717, 1.165) is 18.6 Å². The predicted octanol–water partition coefficient (Wildman–Crippen LogP) is 2.28. The Balaban J connectivity index is 1.87. The minimum Gasteiger partial charge on any atom is -0.484 e. The third kappa shape index (κ3) is 3.91. The van der Waals surface area contributed by atoms with Crippen molar-refractivity contribution in [3.63, 3.8) is 0 Å². The fraction of sp³-hybridized carbons (Fsp3) is 0.533. The molecule has 1 amide bonds. The molecule has 2 N–H and O–H groups in total. The summed E-state index contributed by atoms with van der Waals surface area (Å²) in [4.78, 5) is 13.7. The average molecular weight is 316 g/mol. The lowest BCUT2D eigenvalue weighted by atomic mass is 9.90. The summed E-state index contributed by atoms with van der Waals surface area (Å²) in [6.45, 7) is 3.56. The second kappa shape index (κ2) is 6.16. The number of rotatable bonds is 4. The molecule has 1 aromatic carbocycles. The summed E-state index contributed by atoms with van der Waals surface area (Å²) in [7, 11) is 0. The van der Waals surface area contributed by atoms with E-state index in [9.17, 15) is 18.0 Å². The van der Waals surface area contributed by atoms with Crippen LogP contribution in [0.15, 0.2) is 24.3 Å². The standard InChI is InChI=1S/C15H19F3N2O2/c1-14(9-19)6-7-20(10-14)13(21)8-22-12-4-2-11(3-5-12)15(16,17)18/h2-5H,6-10,19H2,1H3. The number of benzene rings is 1. The van der Waals surface area contributed by atoms with Crippen LogP contribution in [0.25, 0.3) is 0 Å². The fourth-order valence-electron chi connectivity index (χ4n) is 2.38. The molecule has 1 atom stereocenters. The minimum atomic E-state index is -4.38. The molecule has 122 valence electrons. The van der Waals surface area contributed by atoms with E-state index in [0.29, 0.717) is 19.6 Å². The topological polar surface area (TPSA) is 55.6 Å². The van der Waals surface area contributed by atoms with Crippen LogP contribution >= 0.6 is 0 Å². The highest BCUT2D eigenvalue weighted by molar-refractivity contribution is 5.78. The van der Waals surface area contributed by atoms with Crippen LogP contribution in [-0.2, 0) is 11.0 Å². The number of carbonyl (C=O) groups is 1. The van der Waals surface area contributed by atoms with Gasteiger partial charge in [0.15, 0.2) is 6.61 Å². The Morgan fingerprint density at radius 2 is 2.00 bits per heavy atom. The number of hydrogen-bond acceptors (Lipinski definition) is 3. The molecule has 1 unspecified atom stereocenters. The number of nitrogens with two attached hydrogens (primary N) is 1. The zero-order valence-corrected chi connectivity index (χ0v) is 12.3. The molecular weight excluding hydrogens is 297 g/mol. The monoisotopic (exact) mass is 316 g/mol. The zero-order valence-electron chi connectivity index (χ0n) is 12.3. The second-order valence-corrected chi connectivity index (χ2v) is 5.89. The first-order valence-corrected chi connectivity index (χ1v) is 7.01. The summed E-state index contributed by atoms with van der Waals surface area (Å²) >= 11 is 0. The number of ether oxygens (including phenoxy) is 1. The number of likely N-dealkylation sites (tertiary alicyclic amines) is 1. The van der Waals surface area contributed by atoms with Crippen LogP contribution in [0, 0.1) is 5.41 Å². The lowest BCUT2D eigenvalue weighted by molar-refractivity contribution is -0.137. The quantitative estimate of drug-likeness (QED) is 0.927. The molecular formula is C15H19F3N2O2. The summed E-state index contributed by atoms with van der Waals surface area (Å²) < 4.78 is 42.6. The fourth-order valence-corrected chi connectivity index (χ4v) is 2.38. The number of amides is 1. The van der Waals surface area contributed by atoms with Gasteiger partial charge in [0.05, 0.1) is 5.56 Å². The first-order chi connectivity index (χ1) is 10.2. The number of nitrogens with zero attached hydrogens (tertiary/aromatic N) is 1. The third-order valence-corrected chi connectivity index (χ3v) is 3.95. The maximum absolute atomic E-state index is 12.4. The molecule has 1 aliphatic rings. The van der Waals surface area contributed by atoms with Gasteiger partial charge in [0.1, 0.15) is 5.75 Å². The van der Waals surface area contributed by atoms with E-state index >= 15 is 0 Å². The van der Waals surface area contributed by atoms with Crippen LogP contribution < -0.4 is 10.5 Å². The molecule has 1 saturated heterocycles. The molecule has 0 radical (unpaired) electrons. The molecule has 0 spiro atoms. The molecule has 0 bridgehead atoms. The van der Waals surface area contributed by atoms with Gasteiger partial charge in [-0.05, 0) is 42.6 Å². The zero-order chi connectivity index (χ0) is 16.4. The summed E-state index contributed by atoms with van der Waals surface area (Å²) in [6, 6.07) is 4.29. The average Bonchev–Trinajstić information content (AvgIpc) is 2.88. The smallest absolute Gasteiger partial charge is 0.416 e. The van der Waals surface area contributed by atoms with E-state index in [1.165, 1.54) is 12.1 Å². The Bertz CT molecular complexity index is 531. The van der Waals surface area contributed by atoms with Crippen LogP contribution in [0.2, 0.25) is 0 Å². The van der Waals surface area contributed by atoms with Crippen LogP contribution in [-0.4, -0.2) is 37.0 Å². The molecule has 1 aromatic rings. The number of halogens is 3. The highest BCUT2D eigenvalue weighted by Gasteiger charge is 2.35. The van der Waals surface area contributed by atoms with Gasteiger partial charge in [-0.1, -0.05) is 6.92 Å². The van der Waals surface area contributed by atoms with Crippen molar-refractivity contribution in [3.8, 4) is 5.75 Å². The highest BCUT2D eigenvalue weighted by atomic mass is 19.4. The van der Waals surface area contributed by atoms with Crippen molar-refractivity contribution in [2.45, 2.75) is 19.5 Å². The Labute approximate surface area is 127 Å². The molecule has 22 heavy (non-hydrogen) atoms. The van der Waals surface area contributed by atoms with Crippen molar-refractivity contribution in [2.75, 3.05) is 26.2 Å². The van der Waals surface area contributed by atoms with Crippen molar-refractivity contribution < 1.29 is 22.7 Å². The first-order valence-electron chi connectivity index (χ1n) is 7.01. The maximum Gasteiger partial charge on any atom is 0.416 e. The van der Waals surface area contributed by atoms with Crippen molar-refractivity contribution in [2.24, 2.45) is 11.1 Å². The summed E-state index contributed by atoms with van der Waals surface area (Å²) in [5.74, 6) is 0.0548. The Hall–Kier alpha value is -1.76. The van der Waals surface area contributed by atoms with Gasteiger partial charge >= 0.3 is 6.18 Å².